The fourth-order valence-corrected chi connectivity index (χ4v) is 1.13. The van der Waals surface area contributed by atoms with E-state index in [0.29, 0.717) is 19.1 Å². The van der Waals surface area contributed by atoms with Gasteiger partial charge in [-0.15, -0.1) is 0 Å². The van der Waals surface area contributed by atoms with E-state index in [0.717, 1.165) is 18.9 Å². The average molecular weight is 212 g/mol. The highest BCUT2D eigenvalue weighted by atomic mass is 16.5. The minimum Gasteiger partial charge on any atom is -0.488 e. The molecular formula is C11H20N2O2. The minimum atomic E-state index is 0.577. The summed E-state index contributed by atoms with van der Waals surface area (Å²) >= 11 is 0. The predicted octanol–water partition coefficient (Wildman–Crippen LogP) is 1.95. The number of aryl methyl sites for hydroxylation is 1. The molecule has 1 aromatic heterocycles. The number of rotatable bonds is 7. The first-order chi connectivity index (χ1) is 7.22. The van der Waals surface area contributed by atoms with Crippen molar-refractivity contribution >= 4 is 0 Å². The standard InChI is InChI=1S/C11H20N2O2/c1-4-13-8-11(7-12-13)15-6-5-14-9-10(2)3/h7-8,10H,4-6,9H2,1-3H3. The number of aromatic nitrogens is 2. The molecule has 0 aliphatic carbocycles. The Bertz CT molecular complexity index is 271. The van der Waals surface area contributed by atoms with Crippen LogP contribution in [0, 0.1) is 5.92 Å². The fourth-order valence-electron chi connectivity index (χ4n) is 1.13. The number of ether oxygens (including phenoxy) is 2. The highest BCUT2D eigenvalue weighted by Gasteiger charge is 1.98. The Kier molecular flexibility index (Phi) is 5.18. The molecular weight excluding hydrogens is 192 g/mol. The summed E-state index contributed by atoms with van der Waals surface area (Å²) in [4.78, 5) is 0. The smallest absolute Gasteiger partial charge is 0.157 e. The van der Waals surface area contributed by atoms with E-state index in [1.54, 1.807) is 6.20 Å². The van der Waals surface area contributed by atoms with Crippen molar-refractivity contribution in [2.24, 2.45) is 5.92 Å². The van der Waals surface area contributed by atoms with Crippen LogP contribution in [0.3, 0.4) is 0 Å². The zero-order valence-electron chi connectivity index (χ0n) is 9.77. The van der Waals surface area contributed by atoms with Crippen molar-refractivity contribution < 1.29 is 9.47 Å². The minimum absolute atomic E-state index is 0.577. The van der Waals surface area contributed by atoms with Crippen LogP contribution in [-0.4, -0.2) is 29.6 Å². The fraction of sp³-hybridized carbons (Fsp3) is 0.727. The molecule has 86 valence electrons. The van der Waals surface area contributed by atoms with E-state index < -0.39 is 0 Å². The van der Waals surface area contributed by atoms with Crippen LogP contribution in [0.5, 0.6) is 5.75 Å². The molecule has 0 atom stereocenters. The summed E-state index contributed by atoms with van der Waals surface area (Å²) in [6.07, 6.45) is 3.62. The maximum Gasteiger partial charge on any atom is 0.157 e. The molecule has 15 heavy (non-hydrogen) atoms. The van der Waals surface area contributed by atoms with Crippen molar-refractivity contribution in [3.63, 3.8) is 0 Å². The number of hydrogen-bond donors (Lipinski definition) is 0. The molecule has 0 saturated heterocycles. The maximum absolute atomic E-state index is 5.46. The quantitative estimate of drug-likeness (QED) is 0.648. The molecule has 0 aliphatic heterocycles. The summed E-state index contributed by atoms with van der Waals surface area (Å²) in [6, 6.07) is 0. The van der Waals surface area contributed by atoms with E-state index in [4.69, 9.17) is 9.47 Å². The summed E-state index contributed by atoms with van der Waals surface area (Å²) in [5.41, 5.74) is 0. The van der Waals surface area contributed by atoms with Gasteiger partial charge in [0.15, 0.2) is 5.75 Å². The average Bonchev–Trinajstić information content (AvgIpc) is 2.65. The lowest BCUT2D eigenvalue weighted by Crippen LogP contribution is -2.09. The van der Waals surface area contributed by atoms with Gasteiger partial charge in [-0.05, 0) is 12.8 Å². The van der Waals surface area contributed by atoms with Crippen LogP contribution in [0.25, 0.3) is 0 Å². The zero-order chi connectivity index (χ0) is 11.1. The molecule has 1 rings (SSSR count). The topological polar surface area (TPSA) is 36.3 Å². The SMILES string of the molecule is CCn1cc(OCCOCC(C)C)cn1. The first-order valence-electron chi connectivity index (χ1n) is 5.45. The Hall–Kier alpha value is -1.03. The van der Waals surface area contributed by atoms with Crippen LogP contribution in [0.2, 0.25) is 0 Å². The Morgan fingerprint density at radius 2 is 2.20 bits per heavy atom. The van der Waals surface area contributed by atoms with Crippen molar-refractivity contribution in [2.45, 2.75) is 27.3 Å². The molecule has 0 bridgehead atoms. The third kappa shape index (κ3) is 4.83. The van der Waals surface area contributed by atoms with Crippen LogP contribution >= 0.6 is 0 Å². The molecule has 0 fully saturated rings. The molecule has 4 heteroatoms. The third-order valence-corrected chi connectivity index (χ3v) is 1.88. The van der Waals surface area contributed by atoms with Crippen LogP contribution < -0.4 is 4.74 Å². The lowest BCUT2D eigenvalue weighted by molar-refractivity contribution is 0.0819. The van der Waals surface area contributed by atoms with Gasteiger partial charge in [-0.25, -0.2) is 0 Å². The second-order valence-corrected chi connectivity index (χ2v) is 3.85. The summed E-state index contributed by atoms with van der Waals surface area (Å²) in [5, 5.41) is 4.11. The van der Waals surface area contributed by atoms with E-state index in [-0.39, 0.29) is 0 Å². The van der Waals surface area contributed by atoms with Crippen molar-refractivity contribution in [1.29, 1.82) is 0 Å². The third-order valence-electron chi connectivity index (χ3n) is 1.88. The van der Waals surface area contributed by atoms with Crippen molar-refractivity contribution in [1.82, 2.24) is 9.78 Å². The Balaban J connectivity index is 2.09. The lowest BCUT2D eigenvalue weighted by Gasteiger charge is -2.06. The van der Waals surface area contributed by atoms with Gasteiger partial charge in [0.05, 0.1) is 19.0 Å². The second kappa shape index (κ2) is 6.45. The lowest BCUT2D eigenvalue weighted by atomic mass is 10.2. The Labute approximate surface area is 91.2 Å². The molecule has 0 saturated carbocycles. The molecule has 0 aromatic carbocycles. The highest BCUT2D eigenvalue weighted by molar-refractivity contribution is 5.11. The highest BCUT2D eigenvalue weighted by Crippen LogP contribution is 2.07. The zero-order valence-corrected chi connectivity index (χ0v) is 9.77. The first kappa shape index (κ1) is 12.0. The van der Waals surface area contributed by atoms with Gasteiger partial charge in [0.25, 0.3) is 0 Å². The number of nitrogens with zero attached hydrogens (tertiary/aromatic N) is 2. The summed E-state index contributed by atoms with van der Waals surface area (Å²) < 4.78 is 12.7. The van der Waals surface area contributed by atoms with Crippen molar-refractivity contribution in [2.75, 3.05) is 19.8 Å². The van der Waals surface area contributed by atoms with Gasteiger partial charge in [-0.3, -0.25) is 4.68 Å². The molecule has 0 spiro atoms. The van der Waals surface area contributed by atoms with Crippen LogP contribution in [0.1, 0.15) is 20.8 Å². The summed E-state index contributed by atoms with van der Waals surface area (Å²) in [7, 11) is 0. The normalized spacial score (nSPS) is 10.9. The molecule has 0 N–H and O–H groups in total. The van der Waals surface area contributed by atoms with Gasteiger partial charge >= 0.3 is 0 Å². The number of hydrogen-bond acceptors (Lipinski definition) is 3. The Morgan fingerprint density at radius 1 is 1.40 bits per heavy atom. The van der Waals surface area contributed by atoms with Gasteiger partial charge in [0, 0.05) is 13.2 Å². The molecule has 1 heterocycles. The van der Waals surface area contributed by atoms with Gasteiger partial charge in [0.1, 0.15) is 6.61 Å². The maximum atomic E-state index is 5.46. The molecule has 0 aliphatic rings. The monoisotopic (exact) mass is 212 g/mol. The van der Waals surface area contributed by atoms with Gasteiger partial charge in [0.2, 0.25) is 0 Å². The van der Waals surface area contributed by atoms with E-state index in [2.05, 4.69) is 18.9 Å². The molecule has 0 radical (unpaired) electrons. The van der Waals surface area contributed by atoms with Crippen LogP contribution in [0.4, 0.5) is 0 Å². The van der Waals surface area contributed by atoms with E-state index in [1.165, 1.54) is 0 Å². The largest absolute Gasteiger partial charge is 0.488 e. The second-order valence-electron chi connectivity index (χ2n) is 3.85. The molecule has 1 aromatic rings. The van der Waals surface area contributed by atoms with E-state index in [1.807, 2.05) is 17.8 Å². The Morgan fingerprint density at radius 3 is 2.80 bits per heavy atom. The summed E-state index contributed by atoms with van der Waals surface area (Å²) in [5.74, 6) is 1.39. The molecule has 4 nitrogen and oxygen atoms in total. The van der Waals surface area contributed by atoms with Crippen molar-refractivity contribution in [3.8, 4) is 5.75 Å². The summed E-state index contributed by atoms with van der Waals surface area (Å²) in [6.45, 7) is 9.18. The van der Waals surface area contributed by atoms with Crippen molar-refractivity contribution in [3.05, 3.63) is 12.4 Å². The van der Waals surface area contributed by atoms with Crippen LogP contribution in [-0.2, 0) is 11.3 Å². The predicted molar refractivity (Wildman–Crippen MR) is 59.1 cm³/mol. The van der Waals surface area contributed by atoms with Crippen LogP contribution in [0.15, 0.2) is 12.4 Å². The molecule has 0 unspecified atom stereocenters. The first-order valence-corrected chi connectivity index (χ1v) is 5.45. The van der Waals surface area contributed by atoms with Gasteiger partial charge in [-0.1, -0.05) is 13.8 Å². The van der Waals surface area contributed by atoms with Gasteiger partial charge in [-0.2, -0.15) is 5.10 Å². The molecule has 0 amide bonds. The van der Waals surface area contributed by atoms with Gasteiger partial charge < -0.3 is 9.47 Å². The van der Waals surface area contributed by atoms with E-state index in [9.17, 15) is 0 Å². The van der Waals surface area contributed by atoms with E-state index >= 15 is 0 Å².